The Morgan fingerprint density at radius 1 is 1.11 bits per heavy atom. The van der Waals surface area contributed by atoms with Gasteiger partial charge in [-0.05, 0) is 36.6 Å². The second-order valence-corrected chi connectivity index (χ2v) is 5.69. The highest BCUT2D eigenvalue weighted by Crippen LogP contribution is 2.27. The number of halogens is 2. The van der Waals surface area contributed by atoms with E-state index in [1.165, 1.54) is 0 Å². The lowest BCUT2D eigenvalue weighted by Gasteiger charge is -2.14. The maximum Gasteiger partial charge on any atom is 0.125 e. The van der Waals surface area contributed by atoms with Crippen molar-refractivity contribution in [2.75, 3.05) is 0 Å². The molecule has 0 fully saturated rings. The lowest BCUT2D eigenvalue weighted by molar-refractivity contribution is 0.301. The summed E-state index contributed by atoms with van der Waals surface area (Å²) in [7, 11) is 0. The Morgan fingerprint density at radius 2 is 1.74 bits per heavy atom. The summed E-state index contributed by atoms with van der Waals surface area (Å²) in [5.74, 6) is 1.48. The van der Waals surface area contributed by atoms with Crippen LogP contribution in [-0.4, -0.2) is 0 Å². The summed E-state index contributed by atoms with van der Waals surface area (Å²) in [4.78, 5) is 0. The van der Waals surface area contributed by atoms with Crippen LogP contribution < -0.4 is 4.74 Å². The van der Waals surface area contributed by atoms with E-state index in [1.54, 1.807) is 0 Å². The molecule has 0 aliphatic carbocycles. The number of hydrogen-bond donors (Lipinski definition) is 0. The third-order valence-electron chi connectivity index (χ3n) is 3.00. The van der Waals surface area contributed by atoms with Gasteiger partial charge in [-0.3, -0.25) is 0 Å². The summed E-state index contributed by atoms with van der Waals surface area (Å²) < 4.78 is 7.03. The summed E-state index contributed by atoms with van der Waals surface area (Å²) in [6, 6.07) is 12.3. The first-order valence-electron chi connectivity index (χ1n) is 6.14. The van der Waals surface area contributed by atoms with E-state index >= 15 is 0 Å². The van der Waals surface area contributed by atoms with Gasteiger partial charge in [0.05, 0.1) is 0 Å². The Kier molecular flexibility index (Phi) is 4.89. The Labute approximate surface area is 127 Å². The molecule has 2 aromatic carbocycles. The number of alkyl halides is 1. The van der Waals surface area contributed by atoms with Gasteiger partial charge in [0.15, 0.2) is 0 Å². The van der Waals surface area contributed by atoms with Crippen LogP contribution in [-0.2, 0) is 12.5 Å². The summed E-state index contributed by atoms with van der Waals surface area (Å²) in [5.41, 5.74) is 4.53. The number of benzene rings is 2. The molecule has 0 aliphatic heterocycles. The van der Waals surface area contributed by atoms with Crippen molar-refractivity contribution >= 4 is 27.5 Å². The SMILES string of the molecule is Cc1cc(CCl)cc(C)c1OCc1ccccc1Br. The molecule has 0 amide bonds. The quantitative estimate of drug-likeness (QED) is 0.679. The summed E-state index contributed by atoms with van der Waals surface area (Å²) in [6.45, 7) is 4.67. The van der Waals surface area contributed by atoms with Crippen molar-refractivity contribution in [2.24, 2.45) is 0 Å². The summed E-state index contributed by atoms with van der Waals surface area (Å²) >= 11 is 9.40. The van der Waals surface area contributed by atoms with Crippen molar-refractivity contribution in [3.63, 3.8) is 0 Å². The smallest absolute Gasteiger partial charge is 0.125 e. The van der Waals surface area contributed by atoms with Crippen LogP contribution in [0, 0.1) is 13.8 Å². The van der Waals surface area contributed by atoms with E-state index in [0.29, 0.717) is 12.5 Å². The van der Waals surface area contributed by atoms with Gasteiger partial charge in [-0.2, -0.15) is 0 Å². The van der Waals surface area contributed by atoms with Gasteiger partial charge in [0.2, 0.25) is 0 Å². The van der Waals surface area contributed by atoms with Gasteiger partial charge in [0.1, 0.15) is 12.4 Å². The number of ether oxygens (including phenoxy) is 1. The molecule has 100 valence electrons. The maximum absolute atomic E-state index is 5.96. The zero-order valence-corrected chi connectivity index (χ0v) is 13.4. The Bertz CT molecular complexity index is 558. The lowest BCUT2D eigenvalue weighted by atomic mass is 10.1. The topological polar surface area (TPSA) is 9.23 Å². The van der Waals surface area contributed by atoms with Crippen molar-refractivity contribution in [1.82, 2.24) is 0 Å². The molecule has 0 saturated carbocycles. The molecule has 0 atom stereocenters. The lowest BCUT2D eigenvalue weighted by Crippen LogP contribution is -2.00. The largest absolute Gasteiger partial charge is 0.488 e. The molecule has 0 N–H and O–H groups in total. The van der Waals surface area contributed by atoms with E-state index in [9.17, 15) is 0 Å². The van der Waals surface area contributed by atoms with Gasteiger partial charge >= 0.3 is 0 Å². The van der Waals surface area contributed by atoms with Crippen LogP contribution in [0.4, 0.5) is 0 Å². The fraction of sp³-hybridized carbons (Fsp3) is 0.250. The highest BCUT2D eigenvalue weighted by molar-refractivity contribution is 9.10. The second kappa shape index (κ2) is 6.44. The van der Waals surface area contributed by atoms with Gasteiger partial charge in [-0.25, -0.2) is 0 Å². The van der Waals surface area contributed by atoms with E-state index in [1.807, 2.05) is 18.2 Å². The molecule has 0 heterocycles. The first-order chi connectivity index (χ1) is 9.11. The maximum atomic E-state index is 5.96. The highest BCUT2D eigenvalue weighted by Gasteiger charge is 2.07. The first kappa shape index (κ1) is 14.4. The van der Waals surface area contributed by atoms with E-state index < -0.39 is 0 Å². The predicted octanol–water partition coefficient (Wildman–Crippen LogP) is 5.38. The molecule has 0 radical (unpaired) electrons. The second-order valence-electron chi connectivity index (χ2n) is 4.57. The molecule has 2 rings (SSSR count). The van der Waals surface area contributed by atoms with Crippen LogP contribution in [0.15, 0.2) is 40.9 Å². The van der Waals surface area contributed by atoms with Crippen LogP contribution in [0.3, 0.4) is 0 Å². The van der Waals surface area contributed by atoms with Crippen LogP contribution >= 0.6 is 27.5 Å². The minimum atomic E-state index is 0.534. The Morgan fingerprint density at radius 3 is 2.32 bits per heavy atom. The molecule has 0 aliphatic rings. The fourth-order valence-corrected chi connectivity index (χ4v) is 2.66. The number of rotatable bonds is 4. The van der Waals surface area contributed by atoms with Crippen LogP contribution in [0.5, 0.6) is 5.75 Å². The van der Waals surface area contributed by atoms with Gasteiger partial charge in [-0.15, -0.1) is 11.6 Å². The number of hydrogen-bond acceptors (Lipinski definition) is 1. The fourth-order valence-electron chi connectivity index (χ4n) is 2.11. The zero-order chi connectivity index (χ0) is 13.8. The standard InChI is InChI=1S/C16H16BrClO/c1-11-7-13(9-18)8-12(2)16(11)19-10-14-5-3-4-6-15(14)17/h3-8H,9-10H2,1-2H3. The molecule has 0 bridgehead atoms. The third kappa shape index (κ3) is 3.52. The van der Waals surface area contributed by atoms with Gasteiger partial charge in [0, 0.05) is 15.9 Å². The molecule has 3 heteroatoms. The molecular weight excluding hydrogens is 324 g/mol. The van der Waals surface area contributed by atoms with Gasteiger partial charge in [-0.1, -0.05) is 46.3 Å². The Hall–Kier alpha value is -0.990. The van der Waals surface area contributed by atoms with E-state index in [0.717, 1.165) is 32.5 Å². The van der Waals surface area contributed by atoms with Crippen LogP contribution in [0.25, 0.3) is 0 Å². The van der Waals surface area contributed by atoms with Crippen LogP contribution in [0.2, 0.25) is 0 Å². The molecule has 0 unspecified atom stereocenters. The van der Waals surface area contributed by atoms with Gasteiger partial charge < -0.3 is 4.74 Å². The van der Waals surface area contributed by atoms with Crippen molar-refractivity contribution in [2.45, 2.75) is 26.3 Å². The molecule has 2 aromatic rings. The third-order valence-corrected chi connectivity index (χ3v) is 4.09. The van der Waals surface area contributed by atoms with E-state index in [-0.39, 0.29) is 0 Å². The van der Waals surface area contributed by atoms with Gasteiger partial charge in [0.25, 0.3) is 0 Å². The molecule has 1 nitrogen and oxygen atoms in total. The van der Waals surface area contributed by atoms with Crippen molar-refractivity contribution in [3.05, 3.63) is 63.1 Å². The van der Waals surface area contributed by atoms with Crippen LogP contribution in [0.1, 0.15) is 22.3 Å². The summed E-state index contributed by atoms with van der Waals surface area (Å²) in [5, 5.41) is 0. The zero-order valence-electron chi connectivity index (χ0n) is 11.0. The minimum Gasteiger partial charge on any atom is -0.488 e. The van der Waals surface area contributed by atoms with Crippen molar-refractivity contribution in [3.8, 4) is 5.75 Å². The average molecular weight is 340 g/mol. The minimum absolute atomic E-state index is 0.534. The molecule has 0 aromatic heterocycles. The molecule has 0 spiro atoms. The molecule has 19 heavy (non-hydrogen) atoms. The van der Waals surface area contributed by atoms with Crippen molar-refractivity contribution in [1.29, 1.82) is 0 Å². The summed E-state index contributed by atoms with van der Waals surface area (Å²) in [6.07, 6.45) is 0. The highest BCUT2D eigenvalue weighted by atomic mass is 79.9. The predicted molar refractivity (Wildman–Crippen MR) is 83.9 cm³/mol. The Balaban J connectivity index is 2.18. The van der Waals surface area contributed by atoms with E-state index in [4.69, 9.17) is 16.3 Å². The first-order valence-corrected chi connectivity index (χ1v) is 7.47. The normalized spacial score (nSPS) is 10.5. The molecular formula is C16H16BrClO. The average Bonchev–Trinajstić information content (AvgIpc) is 2.39. The number of aryl methyl sites for hydroxylation is 2. The van der Waals surface area contributed by atoms with Crippen molar-refractivity contribution < 1.29 is 4.74 Å². The van der Waals surface area contributed by atoms with E-state index in [2.05, 4.69) is 48.0 Å². The monoisotopic (exact) mass is 338 g/mol. The molecule has 0 saturated heterocycles.